The Morgan fingerprint density at radius 3 is 2.43 bits per heavy atom. The van der Waals surface area contributed by atoms with Crippen LogP contribution in [0.4, 0.5) is 5.69 Å². The number of carbonyl (C=O) groups is 2. The lowest BCUT2D eigenvalue weighted by molar-refractivity contribution is -0.140. The number of aldehydes is 1. The van der Waals surface area contributed by atoms with E-state index in [2.05, 4.69) is 0 Å². The van der Waals surface area contributed by atoms with E-state index in [0.29, 0.717) is 13.2 Å². The molecular weight excluding hydrogens is 310 g/mol. The maximum Gasteiger partial charge on any atom is 0.302 e. The Kier molecular flexibility index (Phi) is 6.11. The second-order valence-electron chi connectivity index (χ2n) is 5.04. The van der Waals surface area contributed by atoms with Crippen molar-refractivity contribution in [2.24, 2.45) is 0 Å². The minimum atomic E-state index is -0.259. The highest BCUT2D eigenvalue weighted by atomic mass is 32.1. The number of nitrogens with zero attached hydrogens (tertiary/aromatic N) is 1. The fourth-order valence-corrected chi connectivity index (χ4v) is 2.72. The van der Waals surface area contributed by atoms with E-state index in [9.17, 15) is 9.59 Å². The van der Waals surface area contributed by atoms with Crippen LogP contribution in [0.5, 0.6) is 0 Å². The molecule has 0 unspecified atom stereocenters. The molecule has 23 heavy (non-hydrogen) atoms. The molecule has 0 aliphatic rings. The van der Waals surface area contributed by atoms with E-state index in [1.807, 2.05) is 60.5 Å². The first-order chi connectivity index (χ1) is 11.1. The SMILES string of the molecule is CC(=O)OCCN(C)c1ccc(/C=C/c2ccc(C=O)s2)cc1. The van der Waals surface area contributed by atoms with Gasteiger partial charge in [-0.1, -0.05) is 18.2 Å². The summed E-state index contributed by atoms with van der Waals surface area (Å²) < 4.78 is 4.94. The largest absolute Gasteiger partial charge is 0.464 e. The number of carbonyl (C=O) groups excluding carboxylic acids is 2. The molecule has 2 rings (SSSR count). The predicted molar refractivity (Wildman–Crippen MR) is 95.0 cm³/mol. The van der Waals surface area contributed by atoms with Crippen LogP contribution in [0.3, 0.4) is 0 Å². The molecule has 0 radical (unpaired) electrons. The molecule has 5 heteroatoms. The van der Waals surface area contributed by atoms with Gasteiger partial charge >= 0.3 is 5.97 Å². The first-order valence-corrected chi connectivity index (χ1v) is 8.08. The van der Waals surface area contributed by atoms with Crippen molar-refractivity contribution in [2.75, 3.05) is 25.1 Å². The highest BCUT2D eigenvalue weighted by Crippen LogP contribution is 2.19. The Morgan fingerprint density at radius 1 is 1.13 bits per heavy atom. The summed E-state index contributed by atoms with van der Waals surface area (Å²) in [4.78, 5) is 25.2. The van der Waals surface area contributed by atoms with Crippen molar-refractivity contribution < 1.29 is 14.3 Å². The van der Waals surface area contributed by atoms with Gasteiger partial charge < -0.3 is 9.64 Å². The number of rotatable bonds is 7. The van der Waals surface area contributed by atoms with Crippen molar-refractivity contribution >= 4 is 41.4 Å². The fraction of sp³-hybridized carbons (Fsp3) is 0.222. The second-order valence-corrected chi connectivity index (χ2v) is 6.19. The van der Waals surface area contributed by atoms with Crippen LogP contribution in [0.2, 0.25) is 0 Å². The standard InChI is InChI=1S/C18H19NO3S/c1-14(21)22-12-11-19(2)16-6-3-15(4-7-16)5-8-17-9-10-18(13-20)23-17/h3-10,13H,11-12H2,1-2H3/b8-5+. The molecule has 0 saturated heterocycles. The average molecular weight is 329 g/mol. The number of anilines is 1. The highest BCUT2D eigenvalue weighted by Gasteiger charge is 2.02. The second kappa shape index (κ2) is 8.29. The molecule has 0 aliphatic heterocycles. The molecule has 0 amide bonds. The Morgan fingerprint density at radius 2 is 1.83 bits per heavy atom. The van der Waals surface area contributed by atoms with Crippen LogP contribution in [-0.2, 0) is 9.53 Å². The van der Waals surface area contributed by atoms with E-state index < -0.39 is 0 Å². The minimum absolute atomic E-state index is 0.259. The average Bonchev–Trinajstić information content (AvgIpc) is 3.01. The van der Waals surface area contributed by atoms with Gasteiger partial charge in [-0.15, -0.1) is 11.3 Å². The molecule has 2 aromatic rings. The van der Waals surface area contributed by atoms with Gasteiger partial charge in [-0.25, -0.2) is 0 Å². The van der Waals surface area contributed by atoms with E-state index >= 15 is 0 Å². The molecule has 1 aromatic carbocycles. The molecule has 0 bridgehead atoms. The number of hydrogen-bond acceptors (Lipinski definition) is 5. The number of thiophene rings is 1. The Hall–Kier alpha value is -2.40. The molecule has 0 N–H and O–H groups in total. The maximum absolute atomic E-state index is 10.7. The first-order valence-electron chi connectivity index (χ1n) is 7.26. The summed E-state index contributed by atoms with van der Waals surface area (Å²) in [5.41, 5.74) is 2.15. The fourth-order valence-electron chi connectivity index (χ4n) is 1.99. The number of likely N-dealkylation sites (N-methyl/N-ethyl adjacent to an activating group) is 1. The third-order valence-electron chi connectivity index (χ3n) is 3.27. The van der Waals surface area contributed by atoms with Gasteiger partial charge in [0.1, 0.15) is 6.61 Å². The first kappa shape index (κ1) is 17.0. The Balaban J connectivity index is 1.93. The minimum Gasteiger partial charge on any atom is -0.464 e. The van der Waals surface area contributed by atoms with Crippen LogP contribution in [-0.4, -0.2) is 32.5 Å². The maximum atomic E-state index is 10.7. The van der Waals surface area contributed by atoms with Crippen molar-refractivity contribution in [3.63, 3.8) is 0 Å². The summed E-state index contributed by atoms with van der Waals surface area (Å²) in [5.74, 6) is -0.259. The van der Waals surface area contributed by atoms with E-state index in [-0.39, 0.29) is 5.97 Å². The summed E-state index contributed by atoms with van der Waals surface area (Å²) in [6, 6.07) is 11.9. The van der Waals surface area contributed by atoms with Crippen LogP contribution in [0, 0.1) is 0 Å². The molecular formula is C18H19NO3S. The van der Waals surface area contributed by atoms with Gasteiger partial charge in [-0.3, -0.25) is 9.59 Å². The summed E-state index contributed by atoms with van der Waals surface area (Å²) >= 11 is 1.47. The monoisotopic (exact) mass is 329 g/mol. The predicted octanol–water partition coefficient (Wildman–Crippen LogP) is 3.73. The molecule has 0 saturated carbocycles. The van der Waals surface area contributed by atoms with Crippen LogP contribution in [0.1, 0.15) is 27.0 Å². The van der Waals surface area contributed by atoms with Gasteiger partial charge in [0.15, 0.2) is 6.29 Å². The lowest BCUT2D eigenvalue weighted by atomic mass is 10.2. The van der Waals surface area contributed by atoms with Gasteiger partial charge in [0.2, 0.25) is 0 Å². The third-order valence-corrected chi connectivity index (χ3v) is 4.25. The van der Waals surface area contributed by atoms with Crippen LogP contribution in [0.25, 0.3) is 12.2 Å². The quantitative estimate of drug-likeness (QED) is 0.573. The summed E-state index contributed by atoms with van der Waals surface area (Å²) in [6.07, 6.45) is 4.88. The zero-order valence-electron chi connectivity index (χ0n) is 13.2. The molecule has 0 fully saturated rings. The Labute approximate surface area is 140 Å². The van der Waals surface area contributed by atoms with Crippen molar-refractivity contribution in [2.45, 2.75) is 6.92 Å². The topological polar surface area (TPSA) is 46.6 Å². The van der Waals surface area contributed by atoms with Crippen molar-refractivity contribution in [1.82, 2.24) is 0 Å². The summed E-state index contributed by atoms with van der Waals surface area (Å²) in [5, 5.41) is 0. The van der Waals surface area contributed by atoms with Crippen LogP contribution < -0.4 is 4.90 Å². The van der Waals surface area contributed by atoms with Crippen molar-refractivity contribution in [1.29, 1.82) is 0 Å². The summed E-state index contributed by atoms with van der Waals surface area (Å²) in [7, 11) is 1.96. The highest BCUT2D eigenvalue weighted by molar-refractivity contribution is 7.14. The lowest BCUT2D eigenvalue weighted by Gasteiger charge is -2.19. The van der Waals surface area contributed by atoms with E-state index in [4.69, 9.17) is 4.74 Å². The van der Waals surface area contributed by atoms with E-state index in [1.165, 1.54) is 18.3 Å². The Bertz CT molecular complexity index is 689. The molecule has 120 valence electrons. The molecule has 0 aliphatic carbocycles. The summed E-state index contributed by atoms with van der Waals surface area (Å²) in [6.45, 7) is 2.44. The molecule has 1 aromatic heterocycles. The number of esters is 1. The van der Waals surface area contributed by atoms with Crippen molar-refractivity contribution in [3.8, 4) is 0 Å². The van der Waals surface area contributed by atoms with Gasteiger partial charge in [0, 0.05) is 24.5 Å². The van der Waals surface area contributed by atoms with Crippen LogP contribution in [0.15, 0.2) is 36.4 Å². The number of ether oxygens (including phenoxy) is 1. The number of hydrogen-bond donors (Lipinski definition) is 0. The van der Waals surface area contributed by atoms with Gasteiger partial charge in [0.25, 0.3) is 0 Å². The molecule has 4 nitrogen and oxygen atoms in total. The smallest absolute Gasteiger partial charge is 0.302 e. The zero-order chi connectivity index (χ0) is 16.7. The van der Waals surface area contributed by atoms with Crippen LogP contribution >= 0.6 is 11.3 Å². The zero-order valence-corrected chi connectivity index (χ0v) is 14.0. The van der Waals surface area contributed by atoms with Gasteiger partial charge in [0.05, 0.1) is 11.4 Å². The molecule has 0 spiro atoms. The lowest BCUT2D eigenvalue weighted by Crippen LogP contribution is -2.23. The van der Waals surface area contributed by atoms with E-state index in [0.717, 1.165) is 27.3 Å². The normalized spacial score (nSPS) is 10.7. The third kappa shape index (κ3) is 5.38. The number of benzene rings is 1. The van der Waals surface area contributed by atoms with E-state index in [1.54, 1.807) is 0 Å². The van der Waals surface area contributed by atoms with Gasteiger partial charge in [-0.2, -0.15) is 0 Å². The molecule has 0 atom stereocenters. The van der Waals surface area contributed by atoms with Gasteiger partial charge in [-0.05, 0) is 35.9 Å². The van der Waals surface area contributed by atoms with Crippen molar-refractivity contribution in [3.05, 3.63) is 51.7 Å². The molecule has 1 heterocycles.